The molecule has 4 heterocycles. The number of hydrogen-bond donors (Lipinski definition) is 0. The number of nitrogens with zero attached hydrogens (tertiary/aromatic N) is 4. The first-order chi connectivity index (χ1) is 17.0. The van der Waals surface area contributed by atoms with Gasteiger partial charge >= 0.3 is 0 Å². The summed E-state index contributed by atoms with van der Waals surface area (Å²) in [6.07, 6.45) is 2.91. The van der Waals surface area contributed by atoms with E-state index in [0.29, 0.717) is 31.0 Å². The SMILES string of the molecule is Cc1cc(C)n2nc(C(=O)N(Cc3cccc(OCCc4cccs4)c3)C[C@H]3CCCO3)cc2n1. The van der Waals surface area contributed by atoms with Gasteiger partial charge in [-0.25, -0.2) is 9.50 Å². The van der Waals surface area contributed by atoms with Gasteiger partial charge in [0.1, 0.15) is 5.75 Å². The Morgan fingerprint density at radius 1 is 1.23 bits per heavy atom. The van der Waals surface area contributed by atoms with Crippen molar-refractivity contribution >= 4 is 22.9 Å². The summed E-state index contributed by atoms with van der Waals surface area (Å²) in [6, 6.07) is 15.9. The Bertz CT molecular complexity index is 1300. The Balaban J connectivity index is 1.33. The minimum Gasteiger partial charge on any atom is -0.493 e. The summed E-state index contributed by atoms with van der Waals surface area (Å²) in [4.78, 5) is 21.3. The van der Waals surface area contributed by atoms with Crippen molar-refractivity contribution in [2.24, 2.45) is 0 Å². The number of ether oxygens (including phenoxy) is 2. The van der Waals surface area contributed by atoms with Crippen molar-refractivity contribution in [2.45, 2.75) is 45.8 Å². The maximum absolute atomic E-state index is 13.6. The van der Waals surface area contributed by atoms with E-state index < -0.39 is 0 Å². The first-order valence-electron chi connectivity index (χ1n) is 12.0. The average Bonchev–Trinajstić information content (AvgIpc) is 3.61. The third-order valence-electron chi connectivity index (χ3n) is 6.16. The van der Waals surface area contributed by atoms with E-state index in [1.165, 1.54) is 4.88 Å². The molecule has 7 nitrogen and oxygen atoms in total. The predicted molar refractivity (Wildman–Crippen MR) is 136 cm³/mol. The van der Waals surface area contributed by atoms with Crippen LogP contribution < -0.4 is 4.74 Å². The first kappa shape index (κ1) is 23.5. The molecule has 1 aliphatic rings. The van der Waals surface area contributed by atoms with Crippen LogP contribution in [0.2, 0.25) is 0 Å². The van der Waals surface area contributed by atoms with Gasteiger partial charge in [-0.3, -0.25) is 4.79 Å². The lowest BCUT2D eigenvalue weighted by Gasteiger charge is -2.25. The molecule has 3 aromatic heterocycles. The molecule has 0 aliphatic carbocycles. The van der Waals surface area contributed by atoms with Crippen molar-refractivity contribution in [2.75, 3.05) is 19.8 Å². The van der Waals surface area contributed by atoms with Crippen molar-refractivity contribution in [1.82, 2.24) is 19.5 Å². The molecule has 0 bridgehead atoms. The zero-order valence-corrected chi connectivity index (χ0v) is 21.0. The fourth-order valence-corrected chi connectivity index (χ4v) is 5.18. The fraction of sp³-hybridized carbons (Fsp3) is 0.370. The van der Waals surface area contributed by atoms with Crippen LogP contribution in [0.1, 0.15) is 45.2 Å². The summed E-state index contributed by atoms with van der Waals surface area (Å²) in [5, 5.41) is 6.65. The number of rotatable bonds is 9. The standard InChI is InChI=1S/C27H30N4O3S/c1-19-14-20(2)31-26(28-19)16-25(29-31)27(32)30(18-23-8-4-11-33-23)17-21-6-3-7-22(15-21)34-12-10-24-9-5-13-35-24/h3,5-7,9,13-16,23H,4,8,10-12,17-18H2,1-2H3/t23-/m1/s1. The second-order valence-electron chi connectivity index (χ2n) is 8.98. The van der Waals surface area contributed by atoms with Crippen LogP contribution in [-0.4, -0.2) is 51.3 Å². The molecule has 1 saturated heterocycles. The Morgan fingerprint density at radius 3 is 2.94 bits per heavy atom. The van der Waals surface area contributed by atoms with Crippen molar-refractivity contribution in [3.8, 4) is 5.75 Å². The highest BCUT2D eigenvalue weighted by Gasteiger charge is 2.26. The lowest BCUT2D eigenvalue weighted by molar-refractivity contribution is 0.0502. The maximum Gasteiger partial charge on any atom is 0.274 e. The van der Waals surface area contributed by atoms with E-state index in [1.54, 1.807) is 21.9 Å². The van der Waals surface area contributed by atoms with Gasteiger partial charge in [-0.15, -0.1) is 11.3 Å². The van der Waals surface area contributed by atoms with Crippen molar-refractivity contribution in [1.29, 1.82) is 0 Å². The summed E-state index contributed by atoms with van der Waals surface area (Å²) in [5.74, 6) is 0.693. The van der Waals surface area contributed by atoms with Crippen LogP contribution in [-0.2, 0) is 17.7 Å². The quantitative estimate of drug-likeness (QED) is 0.335. The van der Waals surface area contributed by atoms with Crippen molar-refractivity contribution in [3.05, 3.63) is 81.4 Å². The molecule has 0 N–H and O–H groups in total. The van der Waals surface area contributed by atoms with Gasteiger partial charge in [0.05, 0.1) is 12.7 Å². The minimum atomic E-state index is -0.118. The maximum atomic E-state index is 13.6. The van der Waals surface area contributed by atoms with E-state index in [9.17, 15) is 4.79 Å². The first-order valence-corrected chi connectivity index (χ1v) is 12.9. The molecule has 1 aromatic carbocycles. The second-order valence-corrected chi connectivity index (χ2v) is 10.0. The number of carbonyl (C=O) groups excluding carboxylic acids is 1. The van der Waals surface area contributed by atoms with Crippen LogP contribution in [0.5, 0.6) is 5.75 Å². The number of aryl methyl sites for hydroxylation is 2. The molecule has 35 heavy (non-hydrogen) atoms. The van der Waals surface area contributed by atoms with Crippen LogP contribution in [0.15, 0.2) is 53.9 Å². The van der Waals surface area contributed by atoms with Crippen LogP contribution in [0.3, 0.4) is 0 Å². The molecule has 1 aliphatic heterocycles. The summed E-state index contributed by atoms with van der Waals surface area (Å²) in [7, 11) is 0. The third-order valence-corrected chi connectivity index (χ3v) is 7.09. The Hall–Kier alpha value is -3.23. The largest absolute Gasteiger partial charge is 0.493 e. The summed E-state index contributed by atoms with van der Waals surface area (Å²) in [6.45, 7) is 6.27. The molecule has 1 fully saturated rings. The molecule has 182 valence electrons. The van der Waals surface area contributed by atoms with Crippen LogP contribution in [0.25, 0.3) is 5.65 Å². The molecule has 0 unspecified atom stereocenters. The van der Waals surface area contributed by atoms with E-state index in [0.717, 1.165) is 48.6 Å². The number of amides is 1. The number of fused-ring (bicyclic) bond motifs is 1. The fourth-order valence-electron chi connectivity index (χ4n) is 4.49. The van der Waals surface area contributed by atoms with Crippen LogP contribution in [0, 0.1) is 13.8 Å². The zero-order valence-electron chi connectivity index (χ0n) is 20.1. The molecule has 0 saturated carbocycles. The third kappa shape index (κ3) is 5.71. The Morgan fingerprint density at radius 2 is 2.14 bits per heavy atom. The lowest BCUT2D eigenvalue weighted by atomic mass is 10.1. The molecule has 1 atom stereocenters. The zero-order chi connectivity index (χ0) is 24.2. The molecule has 8 heteroatoms. The summed E-state index contributed by atoms with van der Waals surface area (Å²) >= 11 is 1.74. The van der Waals surface area contributed by atoms with Gasteiger partial charge < -0.3 is 14.4 Å². The van der Waals surface area contributed by atoms with E-state index in [-0.39, 0.29) is 12.0 Å². The number of benzene rings is 1. The minimum absolute atomic E-state index is 0.0447. The monoisotopic (exact) mass is 490 g/mol. The lowest BCUT2D eigenvalue weighted by Crippen LogP contribution is -2.37. The van der Waals surface area contributed by atoms with Gasteiger partial charge in [0.2, 0.25) is 0 Å². The highest BCUT2D eigenvalue weighted by atomic mass is 32.1. The van der Waals surface area contributed by atoms with Crippen LogP contribution in [0.4, 0.5) is 0 Å². The molecular weight excluding hydrogens is 460 g/mol. The molecule has 4 aromatic rings. The summed E-state index contributed by atoms with van der Waals surface area (Å²) < 4.78 is 13.6. The highest BCUT2D eigenvalue weighted by Crippen LogP contribution is 2.21. The van der Waals surface area contributed by atoms with E-state index in [1.807, 2.05) is 49.1 Å². The smallest absolute Gasteiger partial charge is 0.274 e. The average molecular weight is 491 g/mol. The number of aromatic nitrogens is 3. The van der Waals surface area contributed by atoms with E-state index >= 15 is 0 Å². The van der Waals surface area contributed by atoms with Crippen LogP contribution >= 0.6 is 11.3 Å². The van der Waals surface area contributed by atoms with Crippen molar-refractivity contribution < 1.29 is 14.3 Å². The predicted octanol–water partition coefficient (Wildman–Crippen LogP) is 4.85. The van der Waals surface area contributed by atoms with Crippen molar-refractivity contribution in [3.63, 3.8) is 0 Å². The normalized spacial score (nSPS) is 15.5. The van der Waals surface area contributed by atoms with E-state index in [4.69, 9.17) is 9.47 Å². The Labute approximate surface area is 209 Å². The highest BCUT2D eigenvalue weighted by molar-refractivity contribution is 7.09. The van der Waals surface area contributed by atoms with Gasteiger partial charge in [-0.2, -0.15) is 5.10 Å². The molecule has 1 amide bonds. The molecule has 0 spiro atoms. The van der Waals surface area contributed by atoms with E-state index in [2.05, 4.69) is 27.6 Å². The molecular formula is C27H30N4O3S. The van der Waals surface area contributed by atoms with Gasteiger partial charge in [0.25, 0.3) is 5.91 Å². The Kier molecular flexibility index (Phi) is 7.11. The topological polar surface area (TPSA) is 69.0 Å². The number of thiophene rings is 1. The number of carbonyl (C=O) groups is 1. The number of hydrogen-bond acceptors (Lipinski definition) is 6. The van der Waals surface area contributed by atoms with Gasteiger partial charge in [0, 0.05) is 48.4 Å². The molecule has 0 radical (unpaired) electrons. The van der Waals surface area contributed by atoms with Gasteiger partial charge in [-0.05, 0) is 61.9 Å². The van der Waals surface area contributed by atoms with Gasteiger partial charge in [-0.1, -0.05) is 18.2 Å². The second kappa shape index (κ2) is 10.6. The summed E-state index contributed by atoms with van der Waals surface area (Å²) in [5.41, 5.74) is 3.95. The van der Waals surface area contributed by atoms with Gasteiger partial charge in [0.15, 0.2) is 11.3 Å². The molecule has 5 rings (SSSR count).